The van der Waals surface area contributed by atoms with Gasteiger partial charge in [0.1, 0.15) is 0 Å². The number of hydrogen-bond acceptors (Lipinski definition) is 6. The quantitative estimate of drug-likeness (QED) is 0.502. The topological polar surface area (TPSA) is 112 Å². The van der Waals surface area contributed by atoms with Gasteiger partial charge in [-0.15, -0.1) is 0 Å². The van der Waals surface area contributed by atoms with Gasteiger partial charge in [-0.25, -0.2) is 4.79 Å². The van der Waals surface area contributed by atoms with E-state index in [1.54, 1.807) is 0 Å². The van der Waals surface area contributed by atoms with Crippen LogP contribution in [-0.2, 0) is 9.53 Å². The fraction of sp³-hybridized carbons (Fsp3) is 0.231. The molecule has 0 unspecified atom stereocenters. The Morgan fingerprint density at radius 1 is 1.43 bits per heavy atom. The first kappa shape index (κ1) is 14.7. The molecular weight excluding hydrogens is 280 g/mol. The van der Waals surface area contributed by atoms with E-state index in [4.69, 9.17) is 0 Å². The highest BCUT2D eigenvalue weighted by atomic mass is 16.6. The number of pyridine rings is 1. The van der Waals surface area contributed by atoms with Crippen LogP contribution in [0.2, 0.25) is 0 Å². The number of nitrogens with zero attached hydrogens (tertiary/aromatic N) is 2. The standard InChI is InChI=1S/C13H12N2O6/c1-21-13(18)11(7-16)14-6-5-8-9(12(14)17)3-2-4-10(8)15(19)20/h2-6,11,16H,7H2,1H3/t11-/m1/s1. The third kappa shape index (κ3) is 2.48. The maximum Gasteiger partial charge on any atom is 0.331 e. The number of esters is 1. The molecule has 8 nitrogen and oxygen atoms in total. The summed E-state index contributed by atoms with van der Waals surface area (Å²) < 4.78 is 5.52. The Morgan fingerprint density at radius 2 is 2.14 bits per heavy atom. The zero-order chi connectivity index (χ0) is 15.6. The van der Waals surface area contributed by atoms with E-state index >= 15 is 0 Å². The number of rotatable bonds is 4. The van der Waals surface area contributed by atoms with Crippen molar-refractivity contribution in [3.05, 3.63) is 50.9 Å². The number of aliphatic hydroxyl groups excluding tert-OH is 1. The van der Waals surface area contributed by atoms with Gasteiger partial charge in [0.25, 0.3) is 11.2 Å². The second-order valence-electron chi connectivity index (χ2n) is 4.25. The number of nitro benzene ring substituents is 1. The molecule has 1 aromatic heterocycles. The van der Waals surface area contributed by atoms with Gasteiger partial charge in [0.2, 0.25) is 0 Å². The number of benzene rings is 1. The lowest BCUT2D eigenvalue weighted by Gasteiger charge is -2.15. The maximum absolute atomic E-state index is 12.3. The number of fused-ring (bicyclic) bond motifs is 1. The molecule has 1 N–H and O–H groups in total. The van der Waals surface area contributed by atoms with E-state index in [0.29, 0.717) is 0 Å². The van der Waals surface area contributed by atoms with Crippen LogP contribution in [0, 0.1) is 10.1 Å². The Kier molecular flexibility index (Phi) is 3.99. The summed E-state index contributed by atoms with van der Waals surface area (Å²) in [6.07, 6.45) is 1.23. The van der Waals surface area contributed by atoms with Gasteiger partial charge < -0.3 is 9.84 Å². The minimum absolute atomic E-state index is 0.0917. The molecule has 0 fully saturated rings. The molecule has 0 saturated heterocycles. The molecule has 0 spiro atoms. The average Bonchev–Trinajstić information content (AvgIpc) is 2.49. The van der Waals surface area contributed by atoms with E-state index in [0.717, 1.165) is 11.7 Å². The summed E-state index contributed by atoms with van der Waals surface area (Å²) in [4.78, 5) is 34.3. The summed E-state index contributed by atoms with van der Waals surface area (Å²) >= 11 is 0. The SMILES string of the molecule is COC(=O)[C@@H](CO)n1ccc2c([N+](=O)[O-])cccc2c1=O. The van der Waals surface area contributed by atoms with Gasteiger partial charge in [-0.2, -0.15) is 0 Å². The molecule has 1 heterocycles. The molecule has 1 atom stereocenters. The summed E-state index contributed by atoms with van der Waals surface area (Å²) in [5.74, 6) is -0.774. The van der Waals surface area contributed by atoms with Crippen LogP contribution in [0.5, 0.6) is 0 Å². The van der Waals surface area contributed by atoms with Gasteiger partial charge in [0.15, 0.2) is 6.04 Å². The van der Waals surface area contributed by atoms with Crippen molar-refractivity contribution in [3.8, 4) is 0 Å². The minimum Gasteiger partial charge on any atom is -0.467 e. The number of non-ortho nitro benzene ring substituents is 1. The largest absolute Gasteiger partial charge is 0.467 e. The van der Waals surface area contributed by atoms with E-state index < -0.39 is 29.1 Å². The minimum atomic E-state index is -1.19. The van der Waals surface area contributed by atoms with Crippen molar-refractivity contribution in [1.82, 2.24) is 4.57 Å². The van der Waals surface area contributed by atoms with Gasteiger partial charge in [-0.05, 0) is 12.1 Å². The number of aromatic nitrogens is 1. The number of nitro groups is 1. The summed E-state index contributed by atoms with van der Waals surface area (Å²) in [7, 11) is 1.14. The Labute approximate surface area is 118 Å². The zero-order valence-corrected chi connectivity index (χ0v) is 11.1. The molecule has 110 valence electrons. The Balaban J connectivity index is 2.71. The highest BCUT2D eigenvalue weighted by molar-refractivity contribution is 5.90. The van der Waals surface area contributed by atoms with Crippen LogP contribution in [-0.4, -0.2) is 34.3 Å². The van der Waals surface area contributed by atoms with Crippen LogP contribution in [0.4, 0.5) is 5.69 Å². The van der Waals surface area contributed by atoms with Crippen LogP contribution in [0.25, 0.3) is 10.8 Å². The molecule has 2 aromatic rings. The molecule has 0 amide bonds. The molecule has 0 bridgehead atoms. The molecule has 2 rings (SSSR count). The predicted octanol–water partition coefficient (Wildman–Crippen LogP) is 0.616. The fourth-order valence-corrected chi connectivity index (χ4v) is 2.09. The van der Waals surface area contributed by atoms with Gasteiger partial charge in [0, 0.05) is 12.3 Å². The summed E-state index contributed by atoms with van der Waals surface area (Å²) in [6, 6.07) is 4.27. The lowest BCUT2D eigenvalue weighted by Crippen LogP contribution is -2.32. The third-order valence-electron chi connectivity index (χ3n) is 3.13. The number of carbonyl (C=O) groups excluding carboxylic acids is 1. The van der Waals surface area contributed by atoms with Crippen molar-refractivity contribution in [2.45, 2.75) is 6.04 Å². The molecule has 0 aliphatic rings. The second kappa shape index (κ2) is 5.71. The van der Waals surface area contributed by atoms with E-state index in [1.807, 2.05) is 0 Å². The molecule has 0 radical (unpaired) electrons. The fourth-order valence-electron chi connectivity index (χ4n) is 2.09. The number of carbonyl (C=O) groups is 1. The first-order valence-electron chi connectivity index (χ1n) is 5.98. The van der Waals surface area contributed by atoms with Crippen LogP contribution >= 0.6 is 0 Å². The third-order valence-corrected chi connectivity index (χ3v) is 3.13. The van der Waals surface area contributed by atoms with Gasteiger partial charge in [-0.3, -0.25) is 19.5 Å². The average molecular weight is 292 g/mol. The van der Waals surface area contributed by atoms with Gasteiger partial charge in [-0.1, -0.05) is 6.07 Å². The predicted molar refractivity (Wildman–Crippen MR) is 73.0 cm³/mol. The molecule has 0 aliphatic carbocycles. The molecule has 0 aliphatic heterocycles. The normalized spacial score (nSPS) is 12.1. The Hall–Kier alpha value is -2.74. The van der Waals surface area contributed by atoms with E-state index in [2.05, 4.69) is 4.74 Å². The molecular formula is C13H12N2O6. The van der Waals surface area contributed by atoms with Crippen LogP contribution < -0.4 is 5.56 Å². The van der Waals surface area contributed by atoms with Crippen molar-refractivity contribution in [1.29, 1.82) is 0 Å². The Morgan fingerprint density at radius 3 is 2.71 bits per heavy atom. The van der Waals surface area contributed by atoms with Gasteiger partial charge >= 0.3 is 5.97 Å². The number of ether oxygens (including phenoxy) is 1. The lowest BCUT2D eigenvalue weighted by molar-refractivity contribution is -0.383. The first-order chi connectivity index (χ1) is 10.0. The number of hydrogen-bond donors (Lipinski definition) is 1. The summed E-state index contributed by atoms with van der Waals surface area (Å²) in [5, 5.41) is 20.5. The van der Waals surface area contributed by atoms with Crippen LogP contribution in [0.15, 0.2) is 35.3 Å². The van der Waals surface area contributed by atoms with Gasteiger partial charge in [0.05, 0.1) is 29.4 Å². The highest BCUT2D eigenvalue weighted by Gasteiger charge is 2.23. The van der Waals surface area contributed by atoms with Crippen molar-refractivity contribution < 1.29 is 19.6 Å². The number of methoxy groups -OCH3 is 1. The molecule has 0 saturated carbocycles. The molecule has 1 aromatic carbocycles. The van der Waals surface area contributed by atoms with Crippen molar-refractivity contribution >= 4 is 22.4 Å². The maximum atomic E-state index is 12.3. The molecule has 21 heavy (non-hydrogen) atoms. The van der Waals surface area contributed by atoms with Crippen LogP contribution in [0.1, 0.15) is 6.04 Å². The van der Waals surface area contributed by atoms with E-state index in [1.165, 1.54) is 30.5 Å². The Bertz CT molecular complexity index is 767. The van der Waals surface area contributed by atoms with Crippen molar-refractivity contribution in [2.24, 2.45) is 0 Å². The summed E-state index contributed by atoms with van der Waals surface area (Å²) in [5.41, 5.74) is -0.809. The van der Waals surface area contributed by atoms with Crippen molar-refractivity contribution in [2.75, 3.05) is 13.7 Å². The number of aliphatic hydroxyl groups is 1. The molecule has 8 heteroatoms. The zero-order valence-electron chi connectivity index (χ0n) is 11.1. The first-order valence-corrected chi connectivity index (χ1v) is 5.98. The highest BCUT2D eigenvalue weighted by Crippen LogP contribution is 2.23. The summed E-state index contributed by atoms with van der Waals surface area (Å²) in [6.45, 7) is -0.618. The van der Waals surface area contributed by atoms with E-state index in [9.17, 15) is 24.8 Å². The lowest BCUT2D eigenvalue weighted by atomic mass is 10.1. The van der Waals surface area contributed by atoms with Crippen molar-refractivity contribution in [3.63, 3.8) is 0 Å². The second-order valence-corrected chi connectivity index (χ2v) is 4.25. The van der Waals surface area contributed by atoms with Crippen LogP contribution in [0.3, 0.4) is 0 Å². The monoisotopic (exact) mass is 292 g/mol. The van der Waals surface area contributed by atoms with E-state index in [-0.39, 0.29) is 16.5 Å². The smallest absolute Gasteiger partial charge is 0.331 e.